The Labute approximate surface area is 134 Å². The van der Waals surface area contributed by atoms with Gasteiger partial charge in [0.15, 0.2) is 5.96 Å². The van der Waals surface area contributed by atoms with Gasteiger partial charge in [-0.15, -0.1) is 0 Å². The standard InChI is InChI=1S/C18H30N4/c1-14-9-15(2)11-16(10-14)21-17(19)20-12-18(13-22(3)4)7-5-6-8-18/h9-11H,5-8,12-13H2,1-4H3,(H3,19,20,21). The third kappa shape index (κ3) is 4.73. The van der Waals surface area contributed by atoms with Crippen molar-refractivity contribution in [3.8, 4) is 0 Å². The quantitative estimate of drug-likeness (QED) is 0.649. The van der Waals surface area contributed by atoms with Gasteiger partial charge in [0.1, 0.15) is 0 Å². The van der Waals surface area contributed by atoms with Crippen molar-refractivity contribution >= 4 is 11.6 Å². The van der Waals surface area contributed by atoms with Crippen LogP contribution in [-0.2, 0) is 0 Å². The normalized spacial score (nSPS) is 18.0. The Bertz CT molecular complexity index is 508. The maximum Gasteiger partial charge on any atom is 0.193 e. The summed E-state index contributed by atoms with van der Waals surface area (Å²) in [5.41, 5.74) is 9.89. The number of aryl methyl sites for hydroxylation is 2. The van der Waals surface area contributed by atoms with E-state index in [2.05, 4.69) is 61.4 Å². The Kier molecular flexibility index (Phi) is 5.46. The summed E-state index contributed by atoms with van der Waals surface area (Å²) in [5, 5.41) is 3.23. The van der Waals surface area contributed by atoms with Gasteiger partial charge in [-0.3, -0.25) is 4.99 Å². The molecule has 4 heteroatoms. The molecule has 0 bridgehead atoms. The highest BCUT2D eigenvalue weighted by atomic mass is 15.1. The average molecular weight is 302 g/mol. The van der Waals surface area contributed by atoms with E-state index in [0.29, 0.717) is 11.4 Å². The Morgan fingerprint density at radius 1 is 1.18 bits per heavy atom. The van der Waals surface area contributed by atoms with Crippen molar-refractivity contribution in [3.63, 3.8) is 0 Å². The lowest BCUT2D eigenvalue weighted by Crippen LogP contribution is -2.35. The van der Waals surface area contributed by atoms with Gasteiger partial charge in [-0.25, -0.2) is 0 Å². The first-order valence-electron chi connectivity index (χ1n) is 8.19. The lowest BCUT2D eigenvalue weighted by molar-refractivity contribution is 0.210. The van der Waals surface area contributed by atoms with Gasteiger partial charge in [0.2, 0.25) is 0 Å². The zero-order chi connectivity index (χ0) is 16.2. The van der Waals surface area contributed by atoms with Crippen LogP contribution >= 0.6 is 0 Å². The van der Waals surface area contributed by atoms with Crippen molar-refractivity contribution in [3.05, 3.63) is 29.3 Å². The summed E-state index contributed by atoms with van der Waals surface area (Å²) in [6, 6.07) is 6.35. The van der Waals surface area contributed by atoms with Crippen molar-refractivity contribution in [1.82, 2.24) is 4.90 Å². The predicted octanol–water partition coefficient (Wildman–Crippen LogP) is 3.15. The average Bonchev–Trinajstić information content (AvgIpc) is 2.83. The molecule has 3 N–H and O–H groups in total. The number of nitrogens with zero attached hydrogens (tertiary/aromatic N) is 2. The molecule has 122 valence electrons. The van der Waals surface area contributed by atoms with Gasteiger partial charge in [-0.1, -0.05) is 18.9 Å². The van der Waals surface area contributed by atoms with Gasteiger partial charge < -0.3 is 16.0 Å². The molecule has 0 atom stereocenters. The Morgan fingerprint density at radius 3 is 2.32 bits per heavy atom. The maximum atomic E-state index is 6.10. The number of nitrogens with two attached hydrogens (primary N) is 1. The van der Waals surface area contributed by atoms with E-state index < -0.39 is 0 Å². The first kappa shape index (κ1) is 16.8. The number of benzene rings is 1. The van der Waals surface area contributed by atoms with Crippen LogP contribution in [-0.4, -0.2) is 38.0 Å². The van der Waals surface area contributed by atoms with Crippen LogP contribution in [0.5, 0.6) is 0 Å². The molecule has 0 radical (unpaired) electrons. The van der Waals surface area contributed by atoms with Gasteiger partial charge >= 0.3 is 0 Å². The van der Waals surface area contributed by atoms with Crippen LogP contribution in [0.3, 0.4) is 0 Å². The molecule has 2 rings (SSSR count). The smallest absolute Gasteiger partial charge is 0.193 e. The molecule has 1 aromatic rings. The Morgan fingerprint density at radius 2 is 1.77 bits per heavy atom. The SMILES string of the molecule is Cc1cc(C)cc(NC(N)=NCC2(CN(C)C)CCCC2)c1. The van der Waals surface area contributed by atoms with Gasteiger partial charge in [0.25, 0.3) is 0 Å². The van der Waals surface area contributed by atoms with Crippen molar-refractivity contribution in [2.75, 3.05) is 32.5 Å². The van der Waals surface area contributed by atoms with Crippen molar-refractivity contribution < 1.29 is 0 Å². The van der Waals surface area contributed by atoms with Gasteiger partial charge in [-0.05, 0) is 64.0 Å². The summed E-state index contributed by atoms with van der Waals surface area (Å²) in [5.74, 6) is 0.523. The molecule has 0 amide bonds. The molecule has 0 aliphatic heterocycles. The molecule has 4 nitrogen and oxygen atoms in total. The molecule has 0 saturated heterocycles. The molecule has 0 heterocycles. The van der Waals surface area contributed by atoms with E-state index in [9.17, 15) is 0 Å². The van der Waals surface area contributed by atoms with E-state index in [1.54, 1.807) is 0 Å². The van der Waals surface area contributed by atoms with Crippen molar-refractivity contribution in [2.24, 2.45) is 16.1 Å². The van der Waals surface area contributed by atoms with Crippen molar-refractivity contribution in [1.29, 1.82) is 0 Å². The second-order valence-corrected chi connectivity index (χ2v) is 7.15. The summed E-state index contributed by atoms with van der Waals surface area (Å²) in [6.07, 6.45) is 5.14. The number of hydrogen-bond donors (Lipinski definition) is 2. The third-order valence-corrected chi connectivity index (χ3v) is 4.39. The fourth-order valence-electron chi connectivity index (χ4n) is 3.65. The molecule has 0 aromatic heterocycles. The highest BCUT2D eigenvalue weighted by molar-refractivity contribution is 5.92. The van der Waals surface area contributed by atoms with Crippen LogP contribution in [0.25, 0.3) is 0 Å². The minimum Gasteiger partial charge on any atom is -0.370 e. The lowest BCUT2D eigenvalue weighted by atomic mass is 9.86. The van der Waals surface area contributed by atoms with Crippen molar-refractivity contribution in [2.45, 2.75) is 39.5 Å². The van der Waals surface area contributed by atoms with E-state index in [4.69, 9.17) is 5.73 Å². The van der Waals surface area contributed by atoms with E-state index in [1.165, 1.54) is 36.8 Å². The molecule has 1 aliphatic rings. The summed E-state index contributed by atoms with van der Waals surface area (Å²) >= 11 is 0. The lowest BCUT2D eigenvalue weighted by Gasteiger charge is -2.30. The molecule has 0 spiro atoms. The van der Waals surface area contributed by atoms with Crippen LogP contribution in [0.2, 0.25) is 0 Å². The van der Waals surface area contributed by atoms with Crippen LogP contribution in [0.4, 0.5) is 5.69 Å². The summed E-state index contributed by atoms with van der Waals surface area (Å²) in [7, 11) is 4.28. The highest BCUT2D eigenvalue weighted by Gasteiger charge is 2.34. The van der Waals surface area contributed by atoms with Crippen LogP contribution < -0.4 is 11.1 Å². The fourth-order valence-corrected chi connectivity index (χ4v) is 3.65. The second-order valence-electron chi connectivity index (χ2n) is 7.15. The molecule has 1 aliphatic carbocycles. The summed E-state index contributed by atoms with van der Waals surface area (Å²) in [6.45, 7) is 6.09. The minimum atomic E-state index is 0.304. The number of aliphatic imine (C=N–C) groups is 1. The van der Waals surface area contributed by atoms with E-state index in [-0.39, 0.29) is 0 Å². The predicted molar refractivity (Wildman–Crippen MR) is 95.5 cm³/mol. The molecule has 1 aromatic carbocycles. The third-order valence-electron chi connectivity index (χ3n) is 4.39. The summed E-state index contributed by atoms with van der Waals surface area (Å²) < 4.78 is 0. The highest BCUT2D eigenvalue weighted by Crippen LogP contribution is 2.38. The fraction of sp³-hybridized carbons (Fsp3) is 0.611. The molecular formula is C18H30N4. The number of guanidine groups is 1. The second kappa shape index (κ2) is 7.14. The Hall–Kier alpha value is -1.55. The largest absolute Gasteiger partial charge is 0.370 e. The number of anilines is 1. The topological polar surface area (TPSA) is 53.6 Å². The number of nitrogens with one attached hydrogen (secondary N) is 1. The minimum absolute atomic E-state index is 0.304. The van der Waals surface area contributed by atoms with Crippen LogP contribution in [0.15, 0.2) is 23.2 Å². The van der Waals surface area contributed by atoms with Crippen LogP contribution in [0.1, 0.15) is 36.8 Å². The van der Waals surface area contributed by atoms with E-state index in [0.717, 1.165) is 18.8 Å². The summed E-state index contributed by atoms with van der Waals surface area (Å²) in [4.78, 5) is 6.91. The van der Waals surface area contributed by atoms with E-state index in [1.807, 2.05) is 0 Å². The molecule has 0 unspecified atom stereocenters. The van der Waals surface area contributed by atoms with Crippen LogP contribution in [0, 0.1) is 19.3 Å². The molecule has 1 saturated carbocycles. The monoisotopic (exact) mass is 302 g/mol. The first-order valence-corrected chi connectivity index (χ1v) is 8.19. The molecular weight excluding hydrogens is 272 g/mol. The van der Waals surface area contributed by atoms with Gasteiger partial charge in [0.05, 0.1) is 0 Å². The van der Waals surface area contributed by atoms with Gasteiger partial charge in [0, 0.05) is 24.2 Å². The number of hydrogen-bond acceptors (Lipinski definition) is 2. The number of rotatable bonds is 5. The van der Waals surface area contributed by atoms with Gasteiger partial charge in [-0.2, -0.15) is 0 Å². The first-order chi connectivity index (χ1) is 10.4. The Balaban J connectivity index is 2.01. The zero-order valence-corrected chi connectivity index (χ0v) is 14.4. The zero-order valence-electron chi connectivity index (χ0n) is 14.4. The molecule has 22 heavy (non-hydrogen) atoms. The molecule has 1 fully saturated rings. The maximum absolute atomic E-state index is 6.10. The van der Waals surface area contributed by atoms with E-state index >= 15 is 0 Å².